The summed E-state index contributed by atoms with van der Waals surface area (Å²) in [5.74, 6) is 1.19. The first-order valence-corrected chi connectivity index (χ1v) is 8.98. The number of nitrogens with zero attached hydrogens (tertiary/aromatic N) is 1. The summed E-state index contributed by atoms with van der Waals surface area (Å²) < 4.78 is 7.59. The molecule has 2 nitrogen and oxygen atoms in total. The molecule has 1 heterocycles. The fourth-order valence-corrected chi connectivity index (χ4v) is 3.54. The molecule has 0 fully saturated rings. The SMILES string of the molecule is COc1ccc(C(C)c2cn(-c3ccc(C)cc3)c3ccccc23)cc1. The van der Waals surface area contributed by atoms with E-state index in [1.165, 1.54) is 33.3 Å². The normalized spacial score (nSPS) is 12.3. The maximum absolute atomic E-state index is 5.29. The summed E-state index contributed by atoms with van der Waals surface area (Å²) in [7, 11) is 1.70. The average Bonchev–Trinajstić information content (AvgIpc) is 3.08. The second-order valence-electron chi connectivity index (χ2n) is 6.80. The number of para-hydroxylation sites is 1. The van der Waals surface area contributed by atoms with Gasteiger partial charge in [-0.25, -0.2) is 0 Å². The predicted octanol–water partition coefficient (Wildman–Crippen LogP) is 6.10. The van der Waals surface area contributed by atoms with Crippen LogP contribution in [0.2, 0.25) is 0 Å². The molecule has 0 N–H and O–H groups in total. The van der Waals surface area contributed by atoms with Crippen molar-refractivity contribution in [3.8, 4) is 11.4 Å². The van der Waals surface area contributed by atoms with Crippen LogP contribution in [-0.4, -0.2) is 11.7 Å². The third-order valence-corrected chi connectivity index (χ3v) is 5.14. The maximum Gasteiger partial charge on any atom is 0.118 e. The van der Waals surface area contributed by atoms with Crippen LogP contribution in [0.4, 0.5) is 0 Å². The Labute approximate surface area is 154 Å². The summed E-state index contributed by atoms with van der Waals surface area (Å²) in [6.07, 6.45) is 2.28. The highest BCUT2D eigenvalue weighted by molar-refractivity contribution is 5.86. The molecule has 0 saturated heterocycles. The van der Waals surface area contributed by atoms with E-state index >= 15 is 0 Å². The number of hydrogen-bond acceptors (Lipinski definition) is 1. The zero-order valence-electron chi connectivity index (χ0n) is 15.4. The van der Waals surface area contributed by atoms with E-state index in [4.69, 9.17) is 4.74 Å². The molecular weight excluding hydrogens is 318 g/mol. The molecule has 4 aromatic rings. The first-order valence-electron chi connectivity index (χ1n) is 8.98. The number of ether oxygens (including phenoxy) is 1. The molecule has 4 rings (SSSR count). The van der Waals surface area contributed by atoms with E-state index in [0.29, 0.717) is 5.92 Å². The van der Waals surface area contributed by atoms with Crippen molar-refractivity contribution in [1.29, 1.82) is 0 Å². The van der Waals surface area contributed by atoms with Gasteiger partial charge < -0.3 is 9.30 Å². The van der Waals surface area contributed by atoms with Crippen molar-refractivity contribution >= 4 is 10.9 Å². The molecule has 0 spiro atoms. The zero-order valence-corrected chi connectivity index (χ0v) is 15.4. The predicted molar refractivity (Wildman–Crippen MR) is 109 cm³/mol. The van der Waals surface area contributed by atoms with Crippen LogP contribution in [0.25, 0.3) is 16.6 Å². The van der Waals surface area contributed by atoms with Gasteiger partial charge in [0.2, 0.25) is 0 Å². The molecular formula is C24H23NO. The van der Waals surface area contributed by atoms with Crippen molar-refractivity contribution in [3.63, 3.8) is 0 Å². The molecule has 0 amide bonds. The number of methoxy groups -OCH3 is 1. The Kier molecular flexibility index (Phi) is 4.26. The third-order valence-electron chi connectivity index (χ3n) is 5.14. The smallest absolute Gasteiger partial charge is 0.118 e. The van der Waals surface area contributed by atoms with Gasteiger partial charge in [-0.05, 0) is 48.4 Å². The monoisotopic (exact) mass is 341 g/mol. The van der Waals surface area contributed by atoms with E-state index in [9.17, 15) is 0 Å². The van der Waals surface area contributed by atoms with E-state index in [0.717, 1.165) is 5.75 Å². The van der Waals surface area contributed by atoms with Gasteiger partial charge in [0.05, 0.1) is 12.6 Å². The van der Waals surface area contributed by atoms with Crippen LogP contribution in [-0.2, 0) is 0 Å². The van der Waals surface area contributed by atoms with Crippen molar-refractivity contribution < 1.29 is 4.74 Å². The highest BCUT2D eigenvalue weighted by Gasteiger charge is 2.16. The zero-order chi connectivity index (χ0) is 18.1. The van der Waals surface area contributed by atoms with Gasteiger partial charge >= 0.3 is 0 Å². The lowest BCUT2D eigenvalue weighted by Crippen LogP contribution is -1.96. The van der Waals surface area contributed by atoms with Gasteiger partial charge in [-0.3, -0.25) is 0 Å². The van der Waals surface area contributed by atoms with Crippen LogP contribution < -0.4 is 4.74 Å². The average molecular weight is 341 g/mol. The molecule has 0 bridgehead atoms. The summed E-state index contributed by atoms with van der Waals surface area (Å²) in [5, 5.41) is 1.30. The van der Waals surface area contributed by atoms with E-state index in [1.807, 2.05) is 12.1 Å². The van der Waals surface area contributed by atoms with Crippen LogP contribution in [0, 0.1) is 6.92 Å². The number of benzene rings is 3. The lowest BCUT2D eigenvalue weighted by atomic mass is 9.93. The molecule has 0 aliphatic rings. The standard InChI is InChI=1S/C24H23NO/c1-17-8-12-20(13-9-17)25-16-23(22-6-4-5-7-24(22)25)18(2)19-10-14-21(26-3)15-11-19/h4-16,18H,1-3H3. The minimum Gasteiger partial charge on any atom is -0.497 e. The Morgan fingerprint density at radius 3 is 2.23 bits per heavy atom. The molecule has 2 heteroatoms. The first-order chi connectivity index (χ1) is 12.7. The second-order valence-corrected chi connectivity index (χ2v) is 6.80. The fourth-order valence-electron chi connectivity index (χ4n) is 3.54. The van der Waals surface area contributed by atoms with Crippen LogP contribution in [0.15, 0.2) is 79.0 Å². The van der Waals surface area contributed by atoms with Gasteiger partial charge in [-0.15, -0.1) is 0 Å². The van der Waals surface area contributed by atoms with Crippen molar-refractivity contribution in [2.24, 2.45) is 0 Å². The van der Waals surface area contributed by atoms with Crippen molar-refractivity contribution in [2.75, 3.05) is 7.11 Å². The van der Waals surface area contributed by atoms with Crippen molar-refractivity contribution in [2.45, 2.75) is 19.8 Å². The van der Waals surface area contributed by atoms with E-state index in [1.54, 1.807) is 7.11 Å². The Balaban J connectivity index is 1.83. The summed E-state index contributed by atoms with van der Waals surface area (Å²) in [4.78, 5) is 0. The van der Waals surface area contributed by atoms with Crippen LogP contribution in [0.1, 0.15) is 29.5 Å². The Bertz CT molecular complexity index is 1030. The maximum atomic E-state index is 5.29. The van der Waals surface area contributed by atoms with Crippen LogP contribution in [0.3, 0.4) is 0 Å². The summed E-state index contributed by atoms with van der Waals surface area (Å²) in [6, 6.07) is 25.7. The minimum absolute atomic E-state index is 0.303. The van der Waals surface area contributed by atoms with E-state index in [2.05, 4.69) is 85.3 Å². The Hall–Kier alpha value is -3.00. The molecule has 1 atom stereocenters. The van der Waals surface area contributed by atoms with Gasteiger partial charge in [0.1, 0.15) is 5.75 Å². The van der Waals surface area contributed by atoms with Gasteiger partial charge in [0.25, 0.3) is 0 Å². The second kappa shape index (κ2) is 6.72. The molecule has 1 aromatic heterocycles. The van der Waals surface area contributed by atoms with Crippen LogP contribution >= 0.6 is 0 Å². The topological polar surface area (TPSA) is 14.2 Å². The number of fused-ring (bicyclic) bond motifs is 1. The summed E-state index contributed by atoms with van der Waals surface area (Å²) in [5.41, 5.74) is 6.34. The molecule has 1 unspecified atom stereocenters. The van der Waals surface area contributed by atoms with Gasteiger partial charge in [0, 0.05) is 23.2 Å². The molecule has 0 aliphatic heterocycles. The van der Waals surface area contributed by atoms with Crippen molar-refractivity contribution in [1.82, 2.24) is 4.57 Å². The minimum atomic E-state index is 0.303. The molecule has 0 radical (unpaired) electrons. The van der Waals surface area contributed by atoms with Crippen LogP contribution in [0.5, 0.6) is 5.75 Å². The van der Waals surface area contributed by atoms with Gasteiger partial charge in [0.15, 0.2) is 0 Å². The summed E-state index contributed by atoms with van der Waals surface area (Å²) in [6.45, 7) is 4.39. The number of rotatable bonds is 4. The molecule has 3 aromatic carbocycles. The number of aromatic nitrogens is 1. The van der Waals surface area contributed by atoms with Gasteiger partial charge in [-0.1, -0.05) is 55.0 Å². The highest BCUT2D eigenvalue weighted by atomic mass is 16.5. The lowest BCUT2D eigenvalue weighted by Gasteiger charge is -2.12. The fraction of sp³-hybridized carbons (Fsp3) is 0.167. The van der Waals surface area contributed by atoms with Gasteiger partial charge in [-0.2, -0.15) is 0 Å². The molecule has 0 saturated carbocycles. The van der Waals surface area contributed by atoms with E-state index in [-0.39, 0.29) is 0 Å². The number of aryl methyl sites for hydroxylation is 1. The highest BCUT2D eigenvalue weighted by Crippen LogP contribution is 2.34. The Morgan fingerprint density at radius 1 is 0.846 bits per heavy atom. The molecule has 130 valence electrons. The summed E-state index contributed by atoms with van der Waals surface area (Å²) >= 11 is 0. The van der Waals surface area contributed by atoms with E-state index < -0.39 is 0 Å². The largest absolute Gasteiger partial charge is 0.497 e. The lowest BCUT2D eigenvalue weighted by molar-refractivity contribution is 0.414. The Morgan fingerprint density at radius 2 is 1.54 bits per heavy atom. The van der Waals surface area contributed by atoms with Crippen molar-refractivity contribution in [3.05, 3.63) is 95.7 Å². The molecule has 26 heavy (non-hydrogen) atoms. The molecule has 0 aliphatic carbocycles. The third kappa shape index (κ3) is 2.88. The first kappa shape index (κ1) is 16.5. The quantitative estimate of drug-likeness (QED) is 0.437. The number of hydrogen-bond donors (Lipinski definition) is 0.